The Morgan fingerprint density at radius 2 is 2.23 bits per heavy atom. The first kappa shape index (κ1) is 10.8. The monoisotopic (exact) mass is 260 g/mol. The van der Waals surface area contributed by atoms with Gasteiger partial charge >= 0.3 is 0 Å². The Morgan fingerprint density at radius 3 is 2.92 bits per heavy atom. The second kappa shape index (κ2) is 5.45. The normalized spacial score (nSPS) is 11.0. The zero-order valence-corrected chi connectivity index (χ0v) is 9.48. The van der Waals surface area contributed by atoms with Crippen molar-refractivity contribution < 1.29 is 4.39 Å². The highest BCUT2D eigenvalue weighted by atomic mass is 79.9. The Balaban J connectivity index is 2.81. The number of halogens is 2. The maximum atomic E-state index is 12.8. The maximum Gasteiger partial charge on any atom is 0.123 e. The van der Waals surface area contributed by atoms with Gasteiger partial charge in [0.2, 0.25) is 0 Å². The molecule has 0 N–H and O–H groups in total. The number of hydrogen-bond acceptors (Lipinski definition) is 1. The van der Waals surface area contributed by atoms with Crippen LogP contribution in [-0.2, 0) is 0 Å². The summed E-state index contributed by atoms with van der Waals surface area (Å²) >= 11 is 7.42. The molecule has 0 aliphatic heterocycles. The Labute approximate surface area is 91.4 Å². The van der Waals surface area contributed by atoms with Crippen LogP contribution in [0.15, 0.2) is 28.7 Å². The van der Waals surface area contributed by atoms with Gasteiger partial charge in [0, 0.05) is 4.47 Å². The zero-order valence-electron chi connectivity index (χ0n) is 7.00. The lowest BCUT2D eigenvalue weighted by Crippen LogP contribution is -1.79. The molecule has 1 aromatic rings. The molecule has 70 valence electrons. The van der Waals surface area contributed by atoms with E-state index in [2.05, 4.69) is 28.6 Å². The van der Waals surface area contributed by atoms with Crippen LogP contribution in [0.4, 0.5) is 4.39 Å². The summed E-state index contributed by atoms with van der Waals surface area (Å²) in [7, 11) is 0. The fraction of sp³-hybridized carbons (Fsp3) is 0.200. The summed E-state index contributed by atoms with van der Waals surface area (Å²) in [6.45, 7) is 0. The lowest BCUT2D eigenvalue weighted by atomic mass is 10.2. The van der Waals surface area contributed by atoms with Gasteiger partial charge in [0.05, 0.1) is 0 Å². The molecule has 0 spiro atoms. The quantitative estimate of drug-likeness (QED) is 0.783. The standard InChI is InChI=1S/C10H10BrFS/c11-10-5-4-9(12)7-8(10)3-1-2-6-13/h1,3-5,7,13H,2,6H2. The van der Waals surface area contributed by atoms with Gasteiger partial charge in [-0.1, -0.05) is 28.1 Å². The van der Waals surface area contributed by atoms with E-state index in [1.807, 2.05) is 12.2 Å². The maximum absolute atomic E-state index is 12.8. The van der Waals surface area contributed by atoms with Crippen LogP contribution >= 0.6 is 28.6 Å². The summed E-state index contributed by atoms with van der Waals surface area (Å²) in [5.74, 6) is 0.595. The average Bonchev–Trinajstić information content (AvgIpc) is 2.11. The second-order valence-electron chi connectivity index (χ2n) is 2.58. The van der Waals surface area contributed by atoms with Crippen molar-refractivity contribution in [3.63, 3.8) is 0 Å². The smallest absolute Gasteiger partial charge is 0.123 e. The molecule has 1 rings (SSSR count). The lowest BCUT2D eigenvalue weighted by molar-refractivity contribution is 0.627. The Hall–Kier alpha value is -0.280. The fourth-order valence-electron chi connectivity index (χ4n) is 0.927. The first-order valence-corrected chi connectivity index (χ1v) is 5.39. The summed E-state index contributed by atoms with van der Waals surface area (Å²) in [5.41, 5.74) is 0.863. The predicted molar refractivity (Wildman–Crippen MR) is 61.6 cm³/mol. The minimum Gasteiger partial charge on any atom is -0.207 e. The SMILES string of the molecule is Fc1ccc(Br)c(C=CCCS)c1. The minimum absolute atomic E-state index is 0.214. The number of benzene rings is 1. The fourth-order valence-corrected chi connectivity index (χ4v) is 1.46. The van der Waals surface area contributed by atoms with Crippen LogP contribution in [0.3, 0.4) is 0 Å². The third-order valence-electron chi connectivity index (χ3n) is 1.55. The number of allylic oxidation sites excluding steroid dienone is 1. The molecular weight excluding hydrogens is 251 g/mol. The van der Waals surface area contributed by atoms with Gasteiger partial charge in [-0.2, -0.15) is 12.6 Å². The molecule has 0 heterocycles. The Bertz CT molecular complexity index is 310. The van der Waals surface area contributed by atoms with Crippen molar-refractivity contribution in [3.8, 4) is 0 Å². The van der Waals surface area contributed by atoms with Crippen molar-refractivity contribution in [2.24, 2.45) is 0 Å². The average molecular weight is 261 g/mol. The van der Waals surface area contributed by atoms with E-state index in [4.69, 9.17) is 0 Å². The van der Waals surface area contributed by atoms with Gasteiger partial charge in [-0.25, -0.2) is 4.39 Å². The van der Waals surface area contributed by atoms with E-state index in [0.717, 1.165) is 22.2 Å². The van der Waals surface area contributed by atoms with Crippen LogP contribution < -0.4 is 0 Å². The Kier molecular flexibility index (Phi) is 4.53. The van der Waals surface area contributed by atoms with Gasteiger partial charge in [-0.15, -0.1) is 0 Å². The highest BCUT2D eigenvalue weighted by Gasteiger charge is 1.96. The molecule has 0 saturated carbocycles. The topological polar surface area (TPSA) is 0 Å². The van der Waals surface area contributed by atoms with Crippen molar-refractivity contribution in [1.82, 2.24) is 0 Å². The summed E-state index contributed by atoms with van der Waals surface area (Å²) in [6, 6.07) is 4.63. The highest BCUT2D eigenvalue weighted by Crippen LogP contribution is 2.19. The van der Waals surface area contributed by atoms with Gasteiger partial charge < -0.3 is 0 Å². The largest absolute Gasteiger partial charge is 0.207 e. The van der Waals surface area contributed by atoms with E-state index in [-0.39, 0.29) is 5.82 Å². The molecular formula is C10H10BrFS. The second-order valence-corrected chi connectivity index (χ2v) is 3.88. The van der Waals surface area contributed by atoms with Crippen molar-refractivity contribution in [1.29, 1.82) is 0 Å². The molecule has 0 amide bonds. The van der Waals surface area contributed by atoms with E-state index in [9.17, 15) is 4.39 Å². The molecule has 0 atom stereocenters. The highest BCUT2D eigenvalue weighted by molar-refractivity contribution is 9.10. The van der Waals surface area contributed by atoms with Gasteiger partial charge in [0.1, 0.15) is 5.82 Å². The van der Waals surface area contributed by atoms with E-state index in [1.165, 1.54) is 12.1 Å². The van der Waals surface area contributed by atoms with Gasteiger partial charge in [0.15, 0.2) is 0 Å². The van der Waals surface area contributed by atoms with Crippen LogP contribution in [0.2, 0.25) is 0 Å². The molecule has 0 nitrogen and oxygen atoms in total. The van der Waals surface area contributed by atoms with Crippen LogP contribution in [0.25, 0.3) is 6.08 Å². The van der Waals surface area contributed by atoms with Crippen LogP contribution in [0.5, 0.6) is 0 Å². The van der Waals surface area contributed by atoms with Crippen molar-refractivity contribution in [2.75, 3.05) is 5.75 Å². The minimum atomic E-state index is -0.214. The molecule has 0 bridgehead atoms. The van der Waals surface area contributed by atoms with Crippen molar-refractivity contribution in [2.45, 2.75) is 6.42 Å². The van der Waals surface area contributed by atoms with Gasteiger partial charge in [-0.05, 0) is 35.9 Å². The van der Waals surface area contributed by atoms with Gasteiger partial charge in [0.25, 0.3) is 0 Å². The molecule has 0 aliphatic rings. The van der Waals surface area contributed by atoms with E-state index < -0.39 is 0 Å². The van der Waals surface area contributed by atoms with Gasteiger partial charge in [-0.3, -0.25) is 0 Å². The van der Waals surface area contributed by atoms with E-state index in [1.54, 1.807) is 6.07 Å². The number of thiol groups is 1. The third kappa shape index (κ3) is 3.53. The first-order valence-electron chi connectivity index (χ1n) is 3.96. The lowest BCUT2D eigenvalue weighted by Gasteiger charge is -1.97. The van der Waals surface area contributed by atoms with Crippen LogP contribution in [-0.4, -0.2) is 5.75 Å². The molecule has 0 saturated heterocycles. The predicted octanol–water partition coefficient (Wildman–Crippen LogP) is 3.92. The number of hydrogen-bond donors (Lipinski definition) is 1. The molecule has 0 radical (unpaired) electrons. The Morgan fingerprint density at radius 1 is 1.46 bits per heavy atom. The molecule has 0 aliphatic carbocycles. The molecule has 13 heavy (non-hydrogen) atoms. The van der Waals surface area contributed by atoms with Crippen LogP contribution in [0.1, 0.15) is 12.0 Å². The first-order chi connectivity index (χ1) is 6.24. The summed E-state index contributed by atoms with van der Waals surface area (Å²) in [6.07, 6.45) is 4.77. The summed E-state index contributed by atoms with van der Waals surface area (Å²) in [4.78, 5) is 0. The summed E-state index contributed by atoms with van der Waals surface area (Å²) in [5, 5.41) is 0. The molecule has 0 fully saturated rings. The molecule has 0 unspecified atom stereocenters. The number of rotatable bonds is 3. The molecule has 1 aromatic carbocycles. The third-order valence-corrected chi connectivity index (χ3v) is 2.53. The van der Waals surface area contributed by atoms with E-state index >= 15 is 0 Å². The van der Waals surface area contributed by atoms with E-state index in [0.29, 0.717) is 0 Å². The van der Waals surface area contributed by atoms with Crippen molar-refractivity contribution >= 4 is 34.6 Å². The van der Waals surface area contributed by atoms with Crippen LogP contribution in [0, 0.1) is 5.82 Å². The molecule has 3 heteroatoms. The molecule has 0 aromatic heterocycles. The van der Waals surface area contributed by atoms with Crippen molar-refractivity contribution in [3.05, 3.63) is 40.1 Å². The zero-order chi connectivity index (χ0) is 9.68. The summed E-state index contributed by atoms with van der Waals surface area (Å²) < 4.78 is 13.7.